The van der Waals surface area contributed by atoms with Gasteiger partial charge in [-0.25, -0.2) is 0 Å². The lowest BCUT2D eigenvalue weighted by atomic mass is 9.95. The van der Waals surface area contributed by atoms with Crippen LogP contribution in [0.2, 0.25) is 0 Å². The van der Waals surface area contributed by atoms with Crippen molar-refractivity contribution < 1.29 is 4.79 Å². The highest BCUT2D eigenvalue weighted by atomic mass is 32.2. The van der Waals surface area contributed by atoms with E-state index in [9.17, 15) is 4.79 Å². The van der Waals surface area contributed by atoms with Gasteiger partial charge in [0.1, 0.15) is 0 Å². The molecule has 3 atom stereocenters. The summed E-state index contributed by atoms with van der Waals surface area (Å²) in [7, 11) is 0. The van der Waals surface area contributed by atoms with Crippen LogP contribution in [0.15, 0.2) is 0 Å². The summed E-state index contributed by atoms with van der Waals surface area (Å²) >= 11 is 3.82. The smallest absolute Gasteiger partial charge is 0.236 e. The zero-order valence-electron chi connectivity index (χ0n) is 12.4. The molecule has 2 heterocycles. The summed E-state index contributed by atoms with van der Waals surface area (Å²) in [6.07, 6.45) is 3.65. The summed E-state index contributed by atoms with van der Waals surface area (Å²) in [5, 5.41) is 0.216. The summed E-state index contributed by atoms with van der Waals surface area (Å²) in [5.74, 6) is 5.13. The van der Waals surface area contributed by atoms with Crippen LogP contribution in [0.4, 0.5) is 0 Å². The van der Waals surface area contributed by atoms with E-state index in [0.29, 0.717) is 17.9 Å². The van der Waals surface area contributed by atoms with Gasteiger partial charge in [-0.15, -0.1) is 11.8 Å². The molecule has 3 unspecified atom stereocenters. The molecule has 1 amide bonds. The van der Waals surface area contributed by atoms with Crippen molar-refractivity contribution in [2.45, 2.75) is 51.3 Å². The number of rotatable bonds is 2. The summed E-state index contributed by atoms with van der Waals surface area (Å²) in [6, 6.07) is 0.463. The molecule has 2 aliphatic rings. The van der Waals surface area contributed by atoms with Gasteiger partial charge in [-0.3, -0.25) is 4.79 Å². The van der Waals surface area contributed by atoms with Gasteiger partial charge in [-0.1, -0.05) is 20.8 Å². The summed E-state index contributed by atoms with van der Waals surface area (Å²) < 4.78 is 0. The van der Waals surface area contributed by atoms with Crippen molar-refractivity contribution in [2.75, 3.05) is 23.8 Å². The van der Waals surface area contributed by atoms with Crippen molar-refractivity contribution in [1.29, 1.82) is 0 Å². The van der Waals surface area contributed by atoms with Gasteiger partial charge >= 0.3 is 0 Å². The molecule has 0 spiro atoms. The minimum absolute atomic E-state index is 0.216. The average Bonchev–Trinajstić information content (AvgIpc) is 2.61. The number of likely N-dealkylation sites (tertiary alicyclic amines) is 1. The van der Waals surface area contributed by atoms with Gasteiger partial charge in [0.25, 0.3) is 0 Å². The number of carbonyl (C=O) groups excluding carboxylic acids is 1. The molecule has 0 radical (unpaired) electrons. The predicted molar refractivity (Wildman–Crippen MR) is 86.9 cm³/mol. The van der Waals surface area contributed by atoms with E-state index in [1.165, 1.54) is 25.0 Å². The van der Waals surface area contributed by atoms with Crippen molar-refractivity contribution in [3.8, 4) is 0 Å². The molecule has 0 aromatic heterocycles. The number of hydrogen-bond donors (Lipinski definition) is 0. The van der Waals surface area contributed by atoms with Crippen LogP contribution in [-0.4, -0.2) is 45.9 Å². The molecule has 2 aliphatic heterocycles. The normalized spacial score (nSPS) is 33.3. The zero-order chi connectivity index (χ0) is 13.8. The highest BCUT2D eigenvalue weighted by Gasteiger charge is 2.34. The van der Waals surface area contributed by atoms with Crippen LogP contribution < -0.4 is 0 Å². The molecular formula is C15H27NOS2. The third-order valence-electron chi connectivity index (χ3n) is 4.36. The maximum Gasteiger partial charge on any atom is 0.236 e. The third-order valence-corrected chi connectivity index (χ3v) is 7.10. The lowest BCUT2D eigenvalue weighted by Gasteiger charge is -2.36. The van der Waals surface area contributed by atoms with Crippen LogP contribution in [0.1, 0.15) is 40.0 Å². The van der Waals surface area contributed by atoms with E-state index >= 15 is 0 Å². The van der Waals surface area contributed by atoms with Crippen molar-refractivity contribution in [3.63, 3.8) is 0 Å². The van der Waals surface area contributed by atoms with E-state index in [-0.39, 0.29) is 5.25 Å². The molecule has 4 heteroatoms. The van der Waals surface area contributed by atoms with E-state index in [4.69, 9.17) is 0 Å². The van der Waals surface area contributed by atoms with Crippen LogP contribution in [0.5, 0.6) is 0 Å². The number of amides is 1. The van der Waals surface area contributed by atoms with Gasteiger partial charge in [-0.2, -0.15) is 11.8 Å². The standard InChI is InChI=1S/C15H27NOS2/c1-11(2)13-5-4-12(3)6-7-16(13)15(17)14-10-18-8-9-19-14/h11-14H,4-10H2,1-3H3. The Kier molecular flexibility index (Phi) is 5.94. The van der Waals surface area contributed by atoms with Gasteiger partial charge < -0.3 is 4.90 Å². The SMILES string of the molecule is CC1CCC(C(C)C)N(C(=O)C2CSCCS2)CC1. The van der Waals surface area contributed by atoms with Gasteiger partial charge in [0.05, 0.1) is 5.25 Å². The quantitative estimate of drug-likeness (QED) is 0.778. The van der Waals surface area contributed by atoms with Crippen molar-refractivity contribution >= 4 is 29.4 Å². The molecule has 0 aromatic carbocycles. The summed E-state index contributed by atoms with van der Waals surface area (Å²) in [4.78, 5) is 15.1. The number of nitrogens with zero attached hydrogens (tertiary/aromatic N) is 1. The Hall–Kier alpha value is 0.170. The monoisotopic (exact) mass is 301 g/mol. The largest absolute Gasteiger partial charge is 0.338 e. The Balaban J connectivity index is 2.06. The molecule has 0 N–H and O–H groups in total. The molecule has 2 fully saturated rings. The highest BCUT2D eigenvalue weighted by molar-refractivity contribution is 8.07. The molecule has 0 aromatic rings. The lowest BCUT2D eigenvalue weighted by molar-refractivity contribution is -0.133. The molecule has 2 rings (SSSR count). The van der Waals surface area contributed by atoms with Crippen LogP contribution in [0.3, 0.4) is 0 Å². The highest BCUT2D eigenvalue weighted by Crippen LogP contribution is 2.31. The number of carbonyl (C=O) groups is 1. The molecule has 0 saturated carbocycles. The lowest BCUT2D eigenvalue weighted by Crippen LogP contribution is -2.48. The van der Waals surface area contributed by atoms with Gasteiger partial charge in [-0.05, 0) is 31.1 Å². The molecule has 0 aliphatic carbocycles. The number of hydrogen-bond acceptors (Lipinski definition) is 3. The van der Waals surface area contributed by atoms with Gasteiger partial charge in [0.2, 0.25) is 5.91 Å². The third kappa shape index (κ3) is 4.07. The first-order chi connectivity index (χ1) is 9.09. The first-order valence-electron chi connectivity index (χ1n) is 7.59. The van der Waals surface area contributed by atoms with E-state index < -0.39 is 0 Å². The van der Waals surface area contributed by atoms with Crippen molar-refractivity contribution in [3.05, 3.63) is 0 Å². The first-order valence-corrected chi connectivity index (χ1v) is 9.79. The molecule has 2 nitrogen and oxygen atoms in total. The zero-order valence-corrected chi connectivity index (χ0v) is 14.1. The Morgan fingerprint density at radius 1 is 1.21 bits per heavy atom. The molecular weight excluding hydrogens is 274 g/mol. The Morgan fingerprint density at radius 3 is 2.63 bits per heavy atom. The first kappa shape index (κ1) is 15.6. The number of thioether (sulfide) groups is 2. The fraction of sp³-hybridized carbons (Fsp3) is 0.933. The van der Waals surface area contributed by atoms with E-state index in [0.717, 1.165) is 24.0 Å². The van der Waals surface area contributed by atoms with Crippen molar-refractivity contribution in [1.82, 2.24) is 4.90 Å². The van der Waals surface area contributed by atoms with E-state index in [1.807, 2.05) is 23.5 Å². The maximum atomic E-state index is 12.8. The summed E-state index contributed by atoms with van der Waals surface area (Å²) in [6.45, 7) is 7.84. The minimum Gasteiger partial charge on any atom is -0.338 e. The summed E-state index contributed by atoms with van der Waals surface area (Å²) in [5.41, 5.74) is 0. The second-order valence-corrected chi connectivity index (χ2v) is 8.71. The van der Waals surface area contributed by atoms with Crippen molar-refractivity contribution in [2.24, 2.45) is 11.8 Å². The van der Waals surface area contributed by atoms with E-state index in [2.05, 4.69) is 25.7 Å². The Labute approximate surface area is 126 Å². The Morgan fingerprint density at radius 2 is 2.00 bits per heavy atom. The van der Waals surface area contributed by atoms with Crippen LogP contribution in [-0.2, 0) is 4.79 Å². The molecule has 0 bridgehead atoms. The molecule has 19 heavy (non-hydrogen) atoms. The second kappa shape index (κ2) is 7.26. The second-order valence-electron chi connectivity index (χ2n) is 6.25. The molecule has 110 valence electrons. The van der Waals surface area contributed by atoms with Crippen LogP contribution in [0.25, 0.3) is 0 Å². The average molecular weight is 302 g/mol. The topological polar surface area (TPSA) is 20.3 Å². The van der Waals surface area contributed by atoms with Gasteiger partial charge in [0.15, 0.2) is 0 Å². The molecule has 2 saturated heterocycles. The predicted octanol–water partition coefficient (Wildman–Crippen LogP) is 3.51. The fourth-order valence-electron chi connectivity index (χ4n) is 3.06. The minimum atomic E-state index is 0.216. The van der Waals surface area contributed by atoms with E-state index in [1.54, 1.807) is 0 Å². The fourth-order valence-corrected chi connectivity index (χ4v) is 5.68. The maximum absolute atomic E-state index is 12.8. The Bertz CT molecular complexity index is 303. The van der Waals surface area contributed by atoms with Crippen LogP contribution in [0, 0.1) is 11.8 Å². The van der Waals surface area contributed by atoms with Crippen LogP contribution >= 0.6 is 23.5 Å². The van der Waals surface area contributed by atoms with Gasteiger partial charge in [0, 0.05) is 29.8 Å².